The molecule has 33 heteroatoms. The summed E-state index contributed by atoms with van der Waals surface area (Å²) in [7, 11) is 0. The SMILES string of the molecule is C[C@@H]1O[C@@H](O[C@@H]2[C@@H](O)[C@H](O[C@@H]3[C@@H](O)[C@@H](O)[C@H](O[C@@H]4[C@@H](OC(=O)[C@]56CCC(C)(C)C[C@H]5C5=CC[C@@H]7[C@@]8(C)C[C@H](O)[C@H](O[C@@H]9O[C@H](CO[C@@H]%10O[C@H](CO)[C@@H](O)[C@H](O)[C@H]%10O)[C@@H](O)[C@H](O)[C@H]9O)[C@@](C)(CO)[C@@H]8[C@H](O)C[C@@]7(C)[C@]5(C)C[C@H]6O)OC[C@@H](O)[C@H]4O)O[C@H]3C)OC[C@H]2O)[C@H](O)[C@H](O)[C@H]1O. The van der Waals surface area contributed by atoms with E-state index in [0.717, 1.165) is 5.57 Å². The minimum absolute atomic E-state index is 0.0409. The Morgan fingerprint density at radius 1 is 0.505 bits per heavy atom. The quantitative estimate of drug-likeness (QED) is 0.0411. The lowest BCUT2D eigenvalue weighted by Crippen LogP contribution is -2.73. The van der Waals surface area contributed by atoms with Crippen molar-refractivity contribution in [2.45, 2.75) is 297 Å². The second-order valence-corrected chi connectivity index (χ2v) is 31.3. The summed E-state index contributed by atoms with van der Waals surface area (Å²) in [6, 6.07) is 0. The van der Waals surface area contributed by atoms with Crippen molar-refractivity contribution in [2.75, 3.05) is 33.0 Å². The molecule has 0 aromatic heterocycles. The van der Waals surface area contributed by atoms with E-state index >= 15 is 4.79 Å². The predicted molar refractivity (Wildman–Crippen MR) is 319 cm³/mol. The predicted octanol–water partition coefficient (Wildman–Crippen LogP) is -7.17. The van der Waals surface area contributed by atoms with E-state index < -0.39 is 286 Å². The van der Waals surface area contributed by atoms with Gasteiger partial charge in [-0.2, -0.15) is 0 Å². The van der Waals surface area contributed by atoms with Crippen LogP contribution in [0, 0.1) is 50.2 Å². The summed E-state index contributed by atoms with van der Waals surface area (Å²) in [5.41, 5.74) is -5.70. The van der Waals surface area contributed by atoms with E-state index in [1.54, 1.807) is 6.92 Å². The maximum atomic E-state index is 15.6. The zero-order valence-corrected chi connectivity index (χ0v) is 55.5. The van der Waals surface area contributed by atoms with Crippen LogP contribution >= 0.6 is 0 Å². The first-order valence-corrected chi connectivity index (χ1v) is 33.8. The molecule has 0 spiro atoms. The molecule has 0 aromatic carbocycles. The van der Waals surface area contributed by atoms with Crippen LogP contribution in [-0.2, 0) is 61.6 Å². The van der Waals surface area contributed by atoms with Gasteiger partial charge in [0.2, 0.25) is 6.29 Å². The lowest BCUT2D eigenvalue weighted by molar-refractivity contribution is -0.377. The summed E-state index contributed by atoms with van der Waals surface area (Å²) < 4.78 is 70.4. The van der Waals surface area contributed by atoms with Gasteiger partial charge < -0.3 is 159 Å². The molecule has 33 nitrogen and oxygen atoms in total. The van der Waals surface area contributed by atoms with Crippen LogP contribution in [0.4, 0.5) is 0 Å². The van der Waals surface area contributed by atoms with E-state index in [0.29, 0.717) is 19.3 Å². The van der Waals surface area contributed by atoms with Crippen molar-refractivity contribution >= 4 is 5.97 Å². The Morgan fingerprint density at radius 3 is 1.71 bits per heavy atom. The summed E-state index contributed by atoms with van der Waals surface area (Å²) in [5.74, 6) is -2.88. The normalized spacial score (nSPS) is 56.2. The summed E-state index contributed by atoms with van der Waals surface area (Å²) >= 11 is 0. The average Bonchev–Trinajstić information content (AvgIpc) is 0.666. The van der Waals surface area contributed by atoms with Gasteiger partial charge in [-0.3, -0.25) is 4.79 Å². The summed E-state index contributed by atoms with van der Waals surface area (Å²) in [4.78, 5) is 15.6. The monoisotopic (exact) mass is 1400 g/mol. The molecular weight excluding hydrogens is 1300 g/mol. The first-order valence-electron chi connectivity index (χ1n) is 33.8. The Hall–Kier alpha value is -2.03. The molecule has 0 amide bonds. The number of allylic oxidation sites excluding steroid dienone is 2. The molecule has 0 unspecified atom stereocenters. The van der Waals surface area contributed by atoms with Gasteiger partial charge in [0.05, 0.1) is 69.7 Å². The van der Waals surface area contributed by atoms with Crippen LogP contribution in [0.1, 0.15) is 100 Å². The number of rotatable bonds is 15. The Labute approximate surface area is 559 Å². The van der Waals surface area contributed by atoms with Crippen LogP contribution in [0.2, 0.25) is 0 Å². The fourth-order valence-electron chi connectivity index (χ4n) is 19.1. The van der Waals surface area contributed by atoms with Gasteiger partial charge in [-0.1, -0.05) is 53.2 Å². The molecule has 6 heterocycles. The number of ether oxygens (including phenoxy) is 12. The Balaban J connectivity index is 0.794. The second-order valence-electron chi connectivity index (χ2n) is 31.3. The summed E-state index contributed by atoms with van der Waals surface area (Å²) in [5, 5.41) is 223. The second kappa shape index (κ2) is 28.1. The molecule has 0 aromatic rings. The van der Waals surface area contributed by atoms with Gasteiger partial charge in [0.1, 0.15) is 121 Å². The molecule has 0 bridgehead atoms. The highest BCUT2D eigenvalue weighted by molar-refractivity contribution is 5.80. The van der Waals surface area contributed by atoms with E-state index in [1.807, 2.05) is 34.6 Å². The van der Waals surface area contributed by atoms with Gasteiger partial charge in [0.15, 0.2) is 37.6 Å². The van der Waals surface area contributed by atoms with Gasteiger partial charge in [-0.05, 0) is 92.3 Å². The lowest BCUT2D eigenvalue weighted by Gasteiger charge is -2.73. The summed E-state index contributed by atoms with van der Waals surface area (Å²) in [6.45, 7) is 11.3. The number of hydrogen-bond donors (Lipinski definition) is 20. The van der Waals surface area contributed by atoms with Gasteiger partial charge in [0, 0.05) is 11.3 Å². The van der Waals surface area contributed by atoms with Crippen molar-refractivity contribution in [1.82, 2.24) is 0 Å². The minimum Gasteiger partial charge on any atom is -0.432 e. The molecule has 558 valence electrons. The smallest absolute Gasteiger partial charge is 0.317 e. The van der Waals surface area contributed by atoms with E-state index in [4.69, 9.17) is 56.8 Å². The van der Waals surface area contributed by atoms with Crippen molar-refractivity contribution in [3.05, 3.63) is 11.6 Å². The molecule has 5 aliphatic carbocycles. The number of carbonyl (C=O) groups is 1. The molecular formula is C64H104O33. The van der Waals surface area contributed by atoms with Gasteiger partial charge in [-0.15, -0.1) is 0 Å². The standard InChI is InChI=1S/C64H104O33/c1-22-34(72)38(76)43(81)54(89-22)94-48-29(70)19-86-53(46(48)84)93-47-23(2)90-55(45(83)41(47)79)95-49-35(73)28(69)18-87-57(49)97-58(85)64-12-11-59(3,4)13-25(64)24-9-10-32-60(5)14-27(68)51(61(6,21-66)50(60)26(67)15-63(32,8)62(24,7)16-33(64)71)96-56-44(82)40(78)37(75)31(92-56)20-88-52-42(80)39(77)36(74)30(17-65)91-52/h9,22-23,25-57,65-84H,10-21H2,1-8H3/t22-,23-,25-,26+,27-,28+,29+,30+,31+,32+,33+,34-,35+,36+,37+,38+,39-,40-,41-,42+,43+,44+,45+,46+,47-,48-,49-,50+,51-,52+,53-,54-,55-,56-,57+,60+,61-,62+,63+,64+/m0/s1. The molecule has 20 N–H and O–H groups in total. The van der Waals surface area contributed by atoms with E-state index in [2.05, 4.69) is 6.08 Å². The third-order valence-electron chi connectivity index (χ3n) is 24.8. The van der Waals surface area contributed by atoms with Crippen molar-refractivity contribution in [1.29, 1.82) is 0 Å². The number of fused-ring (bicyclic) bond motifs is 7. The van der Waals surface area contributed by atoms with E-state index in [-0.39, 0.29) is 25.7 Å². The molecule has 4 saturated carbocycles. The maximum Gasteiger partial charge on any atom is 0.317 e. The molecule has 10 fully saturated rings. The zero-order valence-electron chi connectivity index (χ0n) is 55.5. The zero-order chi connectivity index (χ0) is 71.0. The Morgan fingerprint density at radius 2 is 1.06 bits per heavy atom. The Bertz CT molecular complexity index is 2750. The number of carbonyl (C=O) groups excluding carboxylic acids is 1. The minimum atomic E-state index is -2.03. The van der Waals surface area contributed by atoms with Crippen LogP contribution in [0.15, 0.2) is 11.6 Å². The van der Waals surface area contributed by atoms with Crippen LogP contribution in [0.25, 0.3) is 0 Å². The third kappa shape index (κ3) is 12.8. The van der Waals surface area contributed by atoms with Crippen LogP contribution in [0.3, 0.4) is 0 Å². The average molecular weight is 1400 g/mol. The molecule has 40 atom stereocenters. The molecule has 11 aliphatic rings. The highest BCUT2D eigenvalue weighted by Gasteiger charge is 2.75. The number of esters is 1. The Kier molecular flexibility index (Phi) is 22.1. The largest absolute Gasteiger partial charge is 0.432 e. The van der Waals surface area contributed by atoms with Crippen molar-refractivity contribution in [2.24, 2.45) is 50.2 Å². The highest BCUT2D eigenvalue weighted by atomic mass is 16.8. The van der Waals surface area contributed by atoms with E-state index in [9.17, 15) is 102 Å². The van der Waals surface area contributed by atoms with Crippen molar-refractivity contribution < 1.29 is 164 Å². The highest BCUT2D eigenvalue weighted by Crippen LogP contribution is 2.76. The van der Waals surface area contributed by atoms with E-state index in [1.165, 1.54) is 13.8 Å². The molecule has 6 aliphatic heterocycles. The number of aliphatic hydroxyl groups is 20. The van der Waals surface area contributed by atoms with Crippen LogP contribution < -0.4 is 0 Å². The summed E-state index contributed by atoms with van der Waals surface area (Å²) in [6.07, 6.45) is -49.5. The molecule has 0 radical (unpaired) electrons. The molecule has 6 saturated heterocycles. The third-order valence-corrected chi connectivity index (χ3v) is 24.8. The lowest BCUT2D eigenvalue weighted by atomic mass is 9.32. The number of aliphatic hydroxyl groups excluding tert-OH is 20. The fraction of sp³-hybridized carbons (Fsp3) is 0.953. The number of hydrogen-bond acceptors (Lipinski definition) is 33. The maximum absolute atomic E-state index is 15.6. The first-order chi connectivity index (χ1) is 45.4. The first kappa shape index (κ1) is 76.1. The van der Waals surface area contributed by atoms with Crippen LogP contribution in [-0.4, -0.2) is 338 Å². The van der Waals surface area contributed by atoms with Crippen molar-refractivity contribution in [3.63, 3.8) is 0 Å². The van der Waals surface area contributed by atoms with Gasteiger partial charge in [0.25, 0.3) is 0 Å². The van der Waals surface area contributed by atoms with Crippen molar-refractivity contribution in [3.8, 4) is 0 Å². The fourth-order valence-corrected chi connectivity index (χ4v) is 19.1. The molecule has 97 heavy (non-hydrogen) atoms. The topological polar surface area (TPSA) is 532 Å². The van der Waals surface area contributed by atoms with Crippen LogP contribution in [0.5, 0.6) is 0 Å². The molecule has 11 rings (SSSR count). The van der Waals surface area contributed by atoms with Gasteiger partial charge in [-0.25, -0.2) is 0 Å². The van der Waals surface area contributed by atoms with Gasteiger partial charge >= 0.3 is 5.97 Å².